The van der Waals surface area contributed by atoms with Crippen molar-refractivity contribution >= 4 is 23.5 Å². The Morgan fingerprint density at radius 2 is 1.74 bits per heavy atom. The molecule has 2 aromatic carbocycles. The first-order chi connectivity index (χ1) is 11.2. The molecule has 2 unspecified atom stereocenters. The third-order valence-corrected chi connectivity index (χ3v) is 4.72. The van der Waals surface area contributed by atoms with Crippen molar-refractivity contribution < 1.29 is 9.53 Å². The zero-order valence-electron chi connectivity index (χ0n) is 13.0. The molecular formula is C20H19ClO2. The molecular weight excluding hydrogens is 308 g/mol. The molecule has 0 heterocycles. The summed E-state index contributed by atoms with van der Waals surface area (Å²) in [4.78, 5) is 12.7. The molecule has 1 saturated carbocycles. The molecule has 1 aliphatic rings. The van der Waals surface area contributed by atoms with Crippen LogP contribution in [0.1, 0.15) is 29.9 Å². The molecule has 0 radical (unpaired) electrons. The van der Waals surface area contributed by atoms with Crippen molar-refractivity contribution in [2.24, 2.45) is 0 Å². The number of para-hydroxylation sites is 1. The molecule has 1 fully saturated rings. The van der Waals surface area contributed by atoms with Gasteiger partial charge in [0.05, 0.1) is 12.5 Å². The van der Waals surface area contributed by atoms with Crippen LogP contribution in [-0.2, 0) is 4.79 Å². The molecule has 2 atom stereocenters. The highest BCUT2D eigenvalue weighted by molar-refractivity contribution is 6.34. The number of ether oxygens (including phenoxy) is 1. The number of ketones is 1. The van der Waals surface area contributed by atoms with Crippen LogP contribution in [0.4, 0.5) is 0 Å². The van der Waals surface area contributed by atoms with Gasteiger partial charge >= 0.3 is 0 Å². The van der Waals surface area contributed by atoms with Gasteiger partial charge in [-0.05, 0) is 30.5 Å². The Kier molecular flexibility index (Phi) is 4.82. The number of rotatable bonds is 3. The smallest absolute Gasteiger partial charge is 0.177 e. The Morgan fingerprint density at radius 3 is 2.48 bits per heavy atom. The number of Topliss-reactive ketones (excluding diaryl/α,β-unsaturated/α-hetero) is 1. The van der Waals surface area contributed by atoms with Gasteiger partial charge in [0.1, 0.15) is 5.75 Å². The summed E-state index contributed by atoms with van der Waals surface area (Å²) in [5, 5.41) is -0.434. The lowest BCUT2D eigenvalue weighted by Gasteiger charge is -2.28. The Balaban J connectivity index is 2.06. The van der Waals surface area contributed by atoms with Gasteiger partial charge in [-0.1, -0.05) is 48.5 Å². The number of allylic oxidation sites excluding steroid dienone is 1. The Morgan fingerprint density at radius 1 is 1.04 bits per heavy atom. The van der Waals surface area contributed by atoms with Gasteiger partial charge in [-0.3, -0.25) is 4.79 Å². The minimum atomic E-state index is -0.434. The Labute approximate surface area is 141 Å². The summed E-state index contributed by atoms with van der Waals surface area (Å²) in [5.41, 5.74) is 2.84. The first kappa shape index (κ1) is 15.8. The fourth-order valence-electron chi connectivity index (χ4n) is 3.11. The second-order valence-electron chi connectivity index (χ2n) is 5.71. The van der Waals surface area contributed by atoms with Crippen molar-refractivity contribution in [3.8, 4) is 5.75 Å². The van der Waals surface area contributed by atoms with E-state index in [-0.39, 0.29) is 11.7 Å². The van der Waals surface area contributed by atoms with Crippen molar-refractivity contribution in [2.45, 2.75) is 24.1 Å². The van der Waals surface area contributed by atoms with Crippen LogP contribution in [0.5, 0.6) is 5.75 Å². The van der Waals surface area contributed by atoms with Gasteiger partial charge in [-0.25, -0.2) is 0 Å². The lowest BCUT2D eigenvalue weighted by atomic mass is 9.78. The molecule has 118 valence electrons. The van der Waals surface area contributed by atoms with E-state index in [1.807, 2.05) is 48.5 Å². The van der Waals surface area contributed by atoms with E-state index in [0.717, 1.165) is 28.9 Å². The highest BCUT2D eigenvalue weighted by atomic mass is 35.5. The van der Waals surface area contributed by atoms with Crippen molar-refractivity contribution in [1.29, 1.82) is 0 Å². The maximum absolute atomic E-state index is 12.7. The van der Waals surface area contributed by atoms with Crippen molar-refractivity contribution in [3.05, 3.63) is 71.3 Å². The van der Waals surface area contributed by atoms with Crippen molar-refractivity contribution in [3.63, 3.8) is 0 Å². The standard InChI is InChI=1S/C20H19ClO2/c1-23-19-10-6-5-9-15(19)13-17-16(11-12-18(21)20(17)22)14-7-3-2-4-8-14/h2-10,13,16,18H,11-12H2,1H3. The SMILES string of the molecule is COc1ccccc1C=C1C(=O)C(Cl)CCC1c1ccccc1. The van der Waals surface area contributed by atoms with Crippen LogP contribution in [0, 0.1) is 0 Å². The van der Waals surface area contributed by atoms with Crippen LogP contribution in [0.15, 0.2) is 60.2 Å². The lowest BCUT2D eigenvalue weighted by molar-refractivity contribution is -0.116. The molecule has 0 saturated heterocycles. The second-order valence-corrected chi connectivity index (χ2v) is 6.24. The van der Waals surface area contributed by atoms with Gasteiger partial charge in [0.25, 0.3) is 0 Å². The van der Waals surface area contributed by atoms with Gasteiger partial charge < -0.3 is 4.74 Å². The van der Waals surface area contributed by atoms with Gasteiger partial charge in [0.15, 0.2) is 5.78 Å². The van der Waals surface area contributed by atoms with Crippen LogP contribution in [0.2, 0.25) is 0 Å². The van der Waals surface area contributed by atoms with Gasteiger partial charge in [0.2, 0.25) is 0 Å². The summed E-state index contributed by atoms with van der Waals surface area (Å²) >= 11 is 6.23. The molecule has 3 rings (SSSR count). The molecule has 1 aliphatic carbocycles. The third-order valence-electron chi connectivity index (χ3n) is 4.31. The van der Waals surface area contributed by atoms with Crippen LogP contribution in [0.3, 0.4) is 0 Å². The highest BCUT2D eigenvalue weighted by Gasteiger charge is 2.33. The van der Waals surface area contributed by atoms with Gasteiger partial charge in [0, 0.05) is 17.1 Å². The summed E-state index contributed by atoms with van der Waals surface area (Å²) in [6.45, 7) is 0. The molecule has 3 heteroatoms. The molecule has 23 heavy (non-hydrogen) atoms. The van der Waals surface area contributed by atoms with E-state index < -0.39 is 5.38 Å². The zero-order chi connectivity index (χ0) is 16.2. The highest BCUT2D eigenvalue weighted by Crippen LogP contribution is 2.39. The number of benzene rings is 2. The maximum Gasteiger partial charge on any atom is 0.177 e. The van der Waals surface area contributed by atoms with Crippen molar-refractivity contribution in [1.82, 2.24) is 0 Å². The molecule has 2 aromatic rings. The molecule has 0 aromatic heterocycles. The monoisotopic (exact) mass is 326 g/mol. The van der Waals surface area contributed by atoms with Crippen LogP contribution in [0.25, 0.3) is 6.08 Å². The van der Waals surface area contributed by atoms with Gasteiger partial charge in [-0.15, -0.1) is 11.6 Å². The topological polar surface area (TPSA) is 26.3 Å². The predicted octanol–water partition coefficient (Wildman–Crippen LogP) is 4.83. The fraction of sp³-hybridized carbons (Fsp3) is 0.250. The Bertz CT molecular complexity index is 721. The zero-order valence-corrected chi connectivity index (χ0v) is 13.8. The van der Waals surface area contributed by atoms with Crippen LogP contribution in [-0.4, -0.2) is 18.3 Å². The van der Waals surface area contributed by atoms with E-state index in [0.29, 0.717) is 6.42 Å². The van der Waals surface area contributed by atoms with Crippen LogP contribution < -0.4 is 4.74 Å². The molecule has 0 amide bonds. The lowest BCUT2D eigenvalue weighted by Crippen LogP contribution is -2.27. The summed E-state index contributed by atoms with van der Waals surface area (Å²) in [5.74, 6) is 0.873. The number of alkyl halides is 1. The minimum Gasteiger partial charge on any atom is -0.496 e. The van der Waals surface area contributed by atoms with E-state index in [1.165, 1.54) is 0 Å². The molecule has 0 spiro atoms. The van der Waals surface area contributed by atoms with Crippen molar-refractivity contribution in [2.75, 3.05) is 7.11 Å². The van der Waals surface area contributed by atoms with E-state index in [2.05, 4.69) is 12.1 Å². The summed E-state index contributed by atoms with van der Waals surface area (Å²) < 4.78 is 5.40. The first-order valence-electron chi connectivity index (χ1n) is 7.78. The Hall–Kier alpha value is -2.06. The molecule has 0 aliphatic heterocycles. The summed E-state index contributed by atoms with van der Waals surface area (Å²) in [6, 6.07) is 17.9. The normalized spacial score (nSPS) is 23.0. The van der Waals surface area contributed by atoms with Gasteiger partial charge in [-0.2, -0.15) is 0 Å². The summed E-state index contributed by atoms with van der Waals surface area (Å²) in [6.07, 6.45) is 3.53. The average molecular weight is 327 g/mol. The number of carbonyl (C=O) groups is 1. The number of hydrogen-bond acceptors (Lipinski definition) is 2. The van der Waals surface area contributed by atoms with E-state index >= 15 is 0 Å². The van der Waals surface area contributed by atoms with E-state index in [1.54, 1.807) is 7.11 Å². The second kappa shape index (κ2) is 7.01. The third kappa shape index (κ3) is 3.32. The van der Waals surface area contributed by atoms with E-state index in [9.17, 15) is 4.79 Å². The quantitative estimate of drug-likeness (QED) is 0.596. The number of halogens is 1. The largest absolute Gasteiger partial charge is 0.496 e. The first-order valence-corrected chi connectivity index (χ1v) is 8.22. The predicted molar refractivity (Wildman–Crippen MR) is 94.0 cm³/mol. The van der Waals surface area contributed by atoms with Crippen LogP contribution >= 0.6 is 11.6 Å². The molecule has 0 N–H and O–H groups in total. The minimum absolute atomic E-state index is 0.0256. The fourth-order valence-corrected chi connectivity index (χ4v) is 3.36. The number of hydrogen-bond donors (Lipinski definition) is 0. The van der Waals surface area contributed by atoms with E-state index in [4.69, 9.17) is 16.3 Å². The summed E-state index contributed by atoms with van der Waals surface area (Å²) in [7, 11) is 1.64. The maximum atomic E-state index is 12.7. The average Bonchev–Trinajstić information content (AvgIpc) is 2.60. The number of methoxy groups -OCH3 is 1. The molecule has 0 bridgehead atoms. The number of carbonyl (C=O) groups excluding carboxylic acids is 1. The molecule has 2 nitrogen and oxygen atoms in total.